The van der Waals surface area contributed by atoms with Gasteiger partial charge in [0.15, 0.2) is 5.79 Å². The van der Waals surface area contributed by atoms with Crippen molar-refractivity contribution in [2.24, 2.45) is 17.8 Å². The number of aliphatic hydroxyl groups is 2. The van der Waals surface area contributed by atoms with E-state index in [1.54, 1.807) is 0 Å². The average molecular weight is 274 g/mol. The van der Waals surface area contributed by atoms with Crippen LogP contribution >= 0.6 is 0 Å². The highest BCUT2D eigenvalue weighted by molar-refractivity contribution is 5.71. The topological polar surface area (TPSA) is 93.1 Å². The Hall–Kier alpha value is -1.14. The van der Waals surface area contributed by atoms with E-state index < -0.39 is 5.79 Å². The summed E-state index contributed by atoms with van der Waals surface area (Å²) in [6.07, 6.45) is 1.34. The van der Waals surface area contributed by atoms with Gasteiger partial charge in [0.05, 0.1) is 14.2 Å². The number of carbonyl (C=O) groups is 2. The first kappa shape index (κ1) is 15.9. The molecule has 0 aromatic rings. The minimum atomic E-state index is -1.79. The first-order valence-corrected chi connectivity index (χ1v) is 6.36. The molecule has 1 aliphatic rings. The molecule has 0 aromatic carbocycles. The summed E-state index contributed by atoms with van der Waals surface area (Å²) in [6.45, 7) is 1.33. The quantitative estimate of drug-likeness (QED) is 0.558. The summed E-state index contributed by atoms with van der Waals surface area (Å²) in [7, 11) is 2.62. The van der Waals surface area contributed by atoms with Crippen LogP contribution in [0.5, 0.6) is 0 Å². The Bertz CT molecular complexity index is 307. The zero-order valence-electron chi connectivity index (χ0n) is 11.6. The molecule has 2 atom stereocenters. The lowest BCUT2D eigenvalue weighted by Gasteiger charge is -2.23. The maximum absolute atomic E-state index is 11.4. The van der Waals surface area contributed by atoms with Crippen LogP contribution in [0.2, 0.25) is 0 Å². The molecule has 2 unspecified atom stereocenters. The van der Waals surface area contributed by atoms with Crippen molar-refractivity contribution in [1.82, 2.24) is 0 Å². The molecular formula is C13H22O6. The molecule has 1 aliphatic carbocycles. The Kier molecular flexibility index (Phi) is 5.31. The fraction of sp³-hybridized carbons (Fsp3) is 0.846. The van der Waals surface area contributed by atoms with Crippen molar-refractivity contribution < 1.29 is 29.3 Å². The standard InChI is InChI=1S/C13H22O6/c1-13(16,17)10-4-8(6-11(14)18-2)9(5-10)7-12(15)19-3/h8-10,16-17H,4-7H2,1-3H3. The number of carbonyl (C=O) groups excluding carboxylic acids is 2. The fourth-order valence-corrected chi connectivity index (χ4v) is 2.75. The number of hydrogen-bond acceptors (Lipinski definition) is 6. The van der Waals surface area contributed by atoms with E-state index in [4.69, 9.17) is 0 Å². The molecule has 6 heteroatoms. The predicted octanol–water partition coefficient (Wildman–Crippen LogP) is 0.456. The van der Waals surface area contributed by atoms with Gasteiger partial charge in [0, 0.05) is 18.8 Å². The number of hydrogen-bond donors (Lipinski definition) is 2. The maximum atomic E-state index is 11.4. The Morgan fingerprint density at radius 1 is 1.05 bits per heavy atom. The molecule has 6 nitrogen and oxygen atoms in total. The maximum Gasteiger partial charge on any atom is 0.305 e. The van der Waals surface area contributed by atoms with E-state index >= 15 is 0 Å². The number of ether oxygens (including phenoxy) is 2. The Labute approximate surface area is 112 Å². The third-order valence-corrected chi connectivity index (χ3v) is 3.93. The van der Waals surface area contributed by atoms with E-state index in [2.05, 4.69) is 9.47 Å². The summed E-state index contributed by atoms with van der Waals surface area (Å²) >= 11 is 0. The molecule has 19 heavy (non-hydrogen) atoms. The first-order valence-electron chi connectivity index (χ1n) is 6.36. The second-order valence-electron chi connectivity index (χ2n) is 5.34. The summed E-state index contributed by atoms with van der Waals surface area (Å²) in [4.78, 5) is 22.7. The van der Waals surface area contributed by atoms with Gasteiger partial charge in [-0.3, -0.25) is 9.59 Å². The van der Waals surface area contributed by atoms with Gasteiger partial charge < -0.3 is 19.7 Å². The summed E-state index contributed by atoms with van der Waals surface area (Å²) < 4.78 is 9.27. The highest BCUT2D eigenvalue weighted by Crippen LogP contribution is 2.44. The van der Waals surface area contributed by atoms with Gasteiger partial charge in [-0.25, -0.2) is 0 Å². The van der Waals surface area contributed by atoms with E-state index in [-0.39, 0.29) is 42.5 Å². The van der Waals surface area contributed by atoms with Crippen molar-refractivity contribution in [1.29, 1.82) is 0 Å². The molecule has 1 rings (SSSR count). The van der Waals surface area contributed by atoms with Gasteiger partial charge in [-0.2, -0.15) is 0 Å². The van der Waals surface area contributed by atoms with Gasteiger partial charge in [0.25, 0.3) is 0 Å². The van der Waals surface area contributed by atoms with Crippen LogP contribution in [0.3, 0.4) is 0 Å². The Morgan fingerprint density at radius 2 is 1.42 bits per heavy atom. The summed E-state index contributed by atoms with van der Waals surface area (Å²) in [5, 5.41) is 19.3. The van der Waals surface area contributed by atoms with Crippen LogP contribution in [0.4, 0.5) is 0 Å². The van der Waals surface area contributed by atoms with Crippen LogP contribution in [-0.4, -0.2) is 42.2 Å². The Morgan fingerprint density at radius 3 is 1.68 bits per heavy atom. The minimum Gasteiger partial charge on any atom is -0.469 e. The molecule has 0 radical (unpaired) electrons. The summed E-state index contributed by atoms with van der Waals surface area (Å²) in [5.74, 6) is -3.02. The average Bonchev–Trinajstić information content (AvgIpc) is 2.71. The molecule has 1 saturated carbocycles. The second-order valence-corrected chi connectivity index (χ2v) is 5.34. The van der Waals surface area contributed by atoms with Crippen LogP contribution in [-0.2, 0) is 19.1 Å². The second kappa shape index (κ2) is 6.34. The predicted molar refractivity (Wildman–Crippen MR) is 65.8 cm³/mol. The highest BCUT2D eigenvalue weighted by Gasteiger charge is 2.43. The minimum absolute atomic E-state index is 0.0878. The lowest BCUT2D eigenvalue weighted by molar-refractivity contribution is -0.184. The number of esters is 2. The number of methoxy groups -OCH3 is 2. The van der Waals surface area contributed by atoms with E-state index in [0.717, 1.165) is 0 Å². The SMILES string of the molecule is COC(=O)CC1CC(C(C)(O)O)CC1CC(=O)OC. The molecule has 0 spiro atoms. The third-order valence-electron chi connectivity index (χ3n) is 3.93. The molecular weight excluding hydrogens is 252 g/mol. The summed E-state index contributed by atoms with van der Waals surface area (Å²) in [6, 6.07) is 0. The van der Waals surface area contributed by atoms with Crippen molar-refractivity contribution in [3.05, 3.63) is 0 Å². The lowest BCUT2D eigenvalue weighted by atomic mass is 9.90. The highest BCUT2D eigenvalue weighted by atomic mass is 16.5. The van der Waals surface area contributed by atoms with Crippen LogP contribution in [0.25, 0.3) is 0 Å². The van der Waals surface area contributed by atoms with Crippen LogP contribution < -0.4 is 0 Å². The Balaban J connectivity index is 2.72. The smallest absolute Gasteiger partial charge is 0.305 e. The van der Waals surface area contributed by atoms with E-state index in [1.165, 1.54) is 21.1 Å². The normalized spacial score (nSPS) is 27.1. The van der Waals surface area contributed by atoms with Crippen molar-refractivity contribution in [3.8, 4) is 0 Å². The van der Waals surface area contributed by atoms with Gasteiger partial charge in [0.2, 0.25) is 0 Å². The van der Waals surface area contributed by atoms with Gasteiger partial charge in [-0.1, -0.05) is 0 Å². The van der Waals surface area contributed by atoms with E-state index in [0.29, 0.717) is 12.8 Å². The zero-order valence-corrected chi connectivity index (χ0v) is 11.6. The molecule has 0 bridgehead atoms. The lowest BCUT2D eigenvalue weighted by Crippen LogP contribution is -2.32. The molecule has 2 N–H and O–H groups in total. The van der Waals surface area contributed by atoms with E-state index in [9.17, 15) is 19.8 Å². The molecule has 0 saturated heterocycles. The summed E-state index contributed by atoms with van der Waals surface area (Å²) in [5.41, 5.74) is 0. The molecule has 1 fully saturated rings. The van der Waals surface area contributed by atoms with Gasteiger partial charge >= 0.3 is 11.9 Å². The molecule has 0 aliphatic heterocycles. The zero-order chi connectivity index (χ0) is 14.6. The van der Waals surface area contributed by atoms with Crippen molar-refractivity contribution in [3.63, 3.8) is 0 Å². The fourth-order valence-electron chi connectivity index (χ4n) is 2.75. The van der Waals surface area contributed by atoms with Crippen LogP contribution in [0, 0.1) is 17.8 Å². The van der Waals surface area contributed by atoms with Crippen molar-refractivity contribution in [2.45, 2.75) is 38.4 Å². The molecule has 110 valence electrons. The van der Waals surface area contributed by atoms with Gasteiger partial charge in [0.1, 0.15) is 0 Å². The third kappa shape index (κ3) is 4.47. The van der Waals surface area contributed by atoms with Crippen molar-refractivity contribution in [2.75, 3.05) is 14.2 Å². The first-order chi connectivity index (χ1) is 8.77. The van der Waals surface area contributed by atoms with Gasteiger partial charge in [-0.05, 0) is 31.6 Å². The van der Waals surface area contributed by atoms with Gasteiger partial charge in [-0.15, -0.1) is 0 Å². The van der Waals surface area contributed by atoms with E-state index in [1.807, 2.05) is 0 Å². The molecule has 0 amide bonds. The molecule has 0 aromatic heterocycles. The molecule has 0 heterocycles. The van der Waals surface area contributed by atoms with Crippen LogP contribution in [0.1, 0.15) is 32.6 Å². The van der Waals surface area contributed by atoms with Crippen LogP contribution in [0.15, 0.2) is 0 Å². The largest absolute Gasteiger partial charge is 0.469 e. The number of rotatable bonds is 5. The monoisotopic (exact) mass is 274 g/mol. The van der Waals surface area contributed by atoms with Crippen molar-refractivity contribution >= 4 is 11.9 Å².